The molecule has 0 aromatic heterocycles. The molecule has 100 heavy (non-hydrogen) atoms. The fourth-order valence-corrected chi connectivity index (χ4v) is 12.3. The molecule has 0 aliphatic carbocycles. The van der Waals surface area contributed by atoms with E-state index in [9.17, 15) is 43.2 Å². The summed E-state index contributed by atoms with van der Waals surface area (Å²) in [5, 5.41) is 10.6. The van der Waals surface area contributed by atoms with Gasteiger partial charge in [-0.1, -0.05) is 312 Å². The number of ether oxygens (including phenoxy) is 4. The summed E-state index contributed by atoms with van der Waals surface area (Å²) in [4.78, 5) is 72.9. The SMILES string of the molecule is CCCCC/C=C\C/C=C\C/C=C\C/C=C\C/C=C\CCC(=O)O[C@H](COC(=O)CCCCCCC/C=C\C/C=C\CCCCC)COP(=O)(O)OC[C@@H](O)COP(=O)(O)OC[C@@H](COC(=O)CCCCCCCCCCCCCCC)OC(=O)CCCCCCCCCCCCCCC. The van der Waals surface area contributed by atoms with Crippen molar-refractivity contribution < 1.29 is 80.2 Å². The summed E-state index contributed by atoms with van der Waals surface area (Å²) in [6.45, 7) is 4.77. The van der Waals surface area contributed by atoms with E-state index in [2.05, 4.69) is 94.5 Å². The van der Waals surface area contributed by atoms with Crippen LogP contribution in [0.5, 0.6) is 0 Å². The molecular formula is C81H144O17P2. The van der Waals surface area contributed by atoms with Crippen LogP contribution in [0, 0.1) is 0 Å². The van der Waals surface area contributed by atoms with E-state index in [0.717, 1.165) is 116 Å². The van der Waals surface area contributed by atoms with E-state index < -0.39 is 97.5 Å². The van der Waals surface area contributed by atoms with Crippen LogP contribution in [0.25, 0.3) is 0 Å². The maximum atomic E-state index is 13.1. The molecular weight excluding hydrogens is 1310 g/mol. The van der Waals surface area contributed by atoms with Gasteiger partial charge in [-0.2, -0.15) is 0 Å². The van der Waals surface area contributed by atoms with Crippen LogP contribution in [-0.4, -0.2) is 96.7 Å². The number of phosphoric acid groups is 2. The third kappa shape index (κ3) is 72.6. The maximum absolute atomic E-state index is 13.1. The number of allylic oxidation sites excluding steroid dienone is 14. The Morgan fingerprint density at radius 3 is 0.830 bits per heavy atom. The molecule has 5 atom stereocenters. The van der Waals surface area contributed by atoms with Crippen molar-refractivity contribution in [3.8, 4) is 0 Å². The standard InChI is InChI=1S/C81H144O17P2/c1-5-9-13-17-21-25-29-33-35-36-37-38-40-44-48-52-56-60-64-68-81(86)98-77(72-92-79(84)66-62-58-54-50-46-43-39-34-30-26-22-18-14-10-6-2)74-96-100(89,90)94-70-75(82)69-93-99(87,88)95-73-76(97-80(85)67-63-59-55-51-47-42-32-28-24-20-16-12-8-4)71-91-78(83)65-61-57-53-49-45-41-31-27-23-19-15-11-7-3/h21-22,25-26,33-35,37-39,44,48,56,60,75-77,82H,5-20,23-24,27-32,36,40-43,45-47,49-55,57-59,61-74H2,1-4H3,(H,87,88)(H,89,90)/b25-21-,26-22-,35-33-,38-37-,39-34-,48-44-,60-56-/t75-,76+,77+/m0/s1. The number of rotatable bonds is 75. The van der Waals surface area contributed by atoms with Gasteiger partial charge in [-0.3, -0.25) is 37.3 Å². The number of unbranched alkanes of at least 4 members (excludes halogenated alkanes) is 35. The molecule has 0 bridgehead atoms. The minimum atomic E-state index is -4.99. The number of carbonyl (C=O) groups is 4. The Labute approximate surface area is 608 Å². The monoisotopic (exact) mass is 1450 g/mol. The van der Waals surface area contributed by atoms with Gasteiger partial charge in [-0.15, -0.1) is 0 Å². The van der Waals surface area contributed by atoms with Gasteiger partial charge >= 0.3 is 39.5 Å². The molecule has 0 saturated carbocycles. The van der Waals surface area contributed by atoms with Crippen molar-refractivity contribution in [3.63, 3.8) is 0 Å². The van der Waals surface area contributed by atoms with Gasteiger partial charge in [0.15, 0.2) is 12.2 Å². The van der Waals surface area contributed by atoms with E-state index in [0.29, 0.717) is 32.1 Å². The zero-order valence-electron chi connectivity index (χ0n) is 63.4. The molecule has 0 aromatic rings. The third-order valence-corrected chi connectivity index (χ3v) is 18.8. The Bertz CT molecular complexity index is 2230. The van der Waals surface area contributed by atoms with Crippen molar-refractivity contribution in [2.45, 2.75) is 367 Å². The van der Waals surface area contributed by atoms with Crippen molar-refractivity contribution >= 4 is 39.5 Å². The minimum Gasteiger partial charge on any atom is -0.462 e. The van der Waals surface area contributed by atoms with Gasteiger partial charge in [0.1, 0.15) is 19.3 Å². The smallest absolute Gasteiger partial charge is 0.462 e. The molecule has 17 nitrogen and oxygen atoms in total. The largest absolute Gasteiger partial charge is 0.472 e. The first-order valence-electron chi connectivity index (χ1n) is 39.8. The zero-order chi connectivity index (χ0) is 73.2. The summed E-state index contributed by atoms with van der Waals surface area (Å²) in [7, 11) is -9.97. The van der Waals surface area contributed by atoms with Gasteiger partial charge in [0.05, 0.1) is 26.4 Å². The first kappa shape index (κ1) is 96.2. The molecule has 0 fully saturated rings. The second-order valence-corrected chi connectivity index (χ2v) is 29.6. The van der Waals surface area contributed by atoms with Gasteiger partial charge in [0, 0.05) is 25.7 Å². The van der Waals surface area contributed by atoms with E-state index in [1.54, 1.807) is 0 Å². The van der Waals surface area contributed by atoms with Crippen LogP contribution in [0.15, 0.2) is 85.1 Å². The van der Waals surface area contributed by atoms with E-state index in [1.165, 1.54) is 148 Å². The Balaban J connectivity index is 5.41. The van der Waals surface area contributed by atoms with Gasteiger partial charge in [0.2, 0.25) is 0 Å². The molecule has 19 heteroatoms. The number of aliphatic hydroxyl groups is 1. The highest BCUT2D eigenvalue weighted by Gasteiger charge is 2.30. The predicted octanol–water partition coefficient (Wildman–Crippen LogP) is 23.0. The van der Waals surface area contributed by atoms with Gasteiger partial charge in [-0.25, -0.2) is 9.13 Å². The quantitative estimate of drug-likeness (QED) is 0.0169. The lowest BCUT2D eigenvalue weighted by Gasteiger charge is -2.21. The molecule has 0 spiro atoms. The van der Waals surface area contributed by atoms with Crippen molar-refractivity contribution in [2.75, 3.05) is 39.6 Å². The number of aliphatic hydroxyl groups excluding tert-OH is 1. The Hall–Kier alpha value is -3.76. The molecule has 0 aliphatic rings. The molecule has 0 saturated heterocycles. The number of esters is 4. The second-order valence-electron chi connectivity index (χ2n) is 26.7. The van der Waals surface area contributed by atoms with Crippen molar-refractivity contribution in [3.05, 3.63) is 85.1 Å². The third-order valence-electron chi connectivity index (χ3n) is 16.9. The highest BCUT2D eigenvalue weighted by Crippen LogP contribution is 2.45. The Morgan fingerprint density at radius 1 is 0.280 bits per heavy atom. The van der Waals surface area contributed by atoms with Crippen molar-refractivity contribution in [2.24, 2.45) is 0 Å². The van der Waals surface area contributed by atoms with E-state index in [-0.39, 0.29) is 25.7 Å². The second kappa shape index (κ2) is 73.5. The van der Waals surface area contributed by atoms with Crippen LogP contribution < -0.4 is 0 Å². The summed E-state index contributed by atoms with van der Waals surface area (Å²) in [5.41, 5.74) is 0. The lowest BCUT2D eigenvalue weighted by molar-refractivity contribution is -0.161. The first-order valence-corrected chi connectivity index (χ1v) is 42.8. The molecule has 0 aromatic carbocycles. The normalized spacial score (nSPS) is 14.3. The first-order chi connectivity index (χ1) is 48.7. The summed E-state index contributed by atoms with van der Waals surface area (Å²) >= 11 is 0. The van der Waals surface area contributed by atoms with Gasteiger partial charge in [0.25, 0.3) is 0 Å². The minimum absolute atomic E-state index is 0.0300. The molecule has 0 aliphatic heterocycles. The topological polar surface area (TPSA) is 237 Å². The van der Waals surface area contributed by atoms with E-state index >= 15 is 0 Å². The molecule has 0 heterocycles. The maximum Gasteiger partial charge on any atom is 0.472 e. The van der Waals surface area contributed by atoms with Crippen LogP contribution in [0.4, 0.5) is 0 Å². The van der Waals surface area contributed by atoms with Crippen molar-refractivity contribution in [1.29, 1.82) is 0 Å². The molecule has 0 rings (SSSR count). The fraction of sp³-hybridized carbons (Fsp3) is 0.778. The zero-order valence-corrected chi connectivity index (χ0v) is 65.2. The average molecular weight is 1450 g/mol. The number of phosphoric ester groups is 2. The molecule has 0 radical (unpaired) electrons. The average Bonchev–Trinajstić information content (AvgIpc) is 0.934. The summed E-state index contributed by atoms with van der Waals surface area (Å²) < 4.78 is 68.5. The molecule has 580 valence electrons. The van der Waals surface area contributed by atoms with Gasteiger partial charge < -0.3 is 33.8 Å². The Morgan fingerprint density at radius 2 is 0.510 bits per heavy atom. The van der Waals surface area contributed by atoms with Crippen LogP contribution in [0.1, 0.15) is 349 Å². The predicted molar refractivity (Wildman–Crippen MR) is 409 cm³/mol. The lowest BCUT2D eigenvalue weighted by Crippen LogP contribution is -2.30. The highest BCUT2D eigenvalue weighted by atomic mass is 31.2. The van der Waals surface area contributed by atoms with Gasteiger partial charge in [-0.05, 0) is 96.3 Å². The molecule has 3 N–H and O–H groups in total. The number of carbonyl (C=O) groups excluding carboxylic acids is 4. The fourth-order valence-electron chi connectivity index (χ4n) is 10.8. The Kier molecular flexibility index (Phi) is 70.8. The highest BCUT2D eigenvalue weighted by molar-refractivity contribution is 7.47. The summed E-state index contributed by atoms with van der Waals surface area (Å²) in [6.07, 6.45) is 75.8. The van der Waals surface area contributed by atoms with E-state index in [4.69, 9.17) is 37.0 Å². The molecule has 2 unspecified atom stereocenters. The summed E-state index contributed by atoms with van der Waals surface area (Å²) in [6, 6.07) is 0. The number of hydrogen-bond acceptors (Lipinski definition) is 15. The van der Waals surface area contributed by atoms with Crippen LogP contribution in [0.2, 0.25) is 0 Å². The van der Waals surface area contributed by atoms with Crippen LogP contribution in [0.3, 0.4) is 0 Å². The summed E-state index contributed by atoms with van der Waals surface area (Å²) in [5.74, 6) is -2.26. The van der Waals surface area contributed by atoms with E-state index in [1.807, 2.05) is 18.2 Å². The lowest BCUT2D eigenvalue weighted by atomic mass is 10.0. The van der Waals surface area contributed by atoms with Crippen molar-refractivity contribution in [1.82, 2.24) is 0 Å². The molecule has 0 amide bonds. The van der Waals surface area contributed by atoms with Crippen LogP contribution >= 0.6 is 15.6 Å². The van der Waals surface area contributed by atoms with Crippen LogP contribution in [-0.2, 0) is 65.4 Å². The number of hydrogen-bond donors (Lipinski definition) is 3.